The number of ether oxygens (including phenoxy) is 2. The molecule has 1 atom stereocenters. The molecule has 9 nitrogen and oxygen atoms in total. The van der Waals surface area contributed by atoms with Crippen molar-refractivity contribution in [3.8, 4) is 12.0 Å². The summed E-state index contributed by atoms with van der Waals surface area (Å²) in [5.41, 5.74) is 0. The van der Waals surface area contributed by atoms with E-state index in [1.165, 1.54) is 17.3 Å². The van der Waals surface area contributed by atoms with Gasteiger partial charge in [-0.25, -0.2) is 4.98 Å². The third-order valence-corrected chi connectivity index (χ3v) is 2.42. The Labute approximate surface area is 122 Å². The Morgan fingerprint density at radius 3 is 2.81 bits per heavy atom. The summed E-state index contributed by atoms with van der Waals surface area (Å²) in [5.74, 6) is 0.772. The van der Waals surface area contributed by atoms with E-state index in [2.05, 4.69) is 30.4 Å². The molecular weight excluding hydrogens is 274 g/mol. The van der Waals surface area contributed by atoms with Crippen molar-refractivity contribution in [2.45, 2.75) is 26.9 Å². The standard InChI is InChI=1S/C12H19N7O2/c1-4-14-10-16-11(19-8-13-7-15-19)18-12(17-10)21-9(3)6-20-5-2/h7-9H,4-6H2,1-3H3,(H,14,16,17,18). The number of rotatable bonds is 8. The van der Waals surface area contributed by atoms with Crippen LogP contribution in [0.2, 0.25) is 0 Å². The number of anilines is 1. The average molecular weight is 293 g/mol. The molecule has 9 heteroatoms. The van der Waals surface area contributed by atoms with Crippen LogP contribution < -0.4 is 10.1 Å². The summed E-state index contributed by atoms with van der Waals surface area (Å²) in [6, 6.07) is 0.221. The molecule has 0 amide bonds. The first-order valence-corrected chi connectivity index (χ1v) is 6.82. The van der Waals surface area contributed by atoms with Gasteiger partial charge in [-0.15, -0.1) is 0 Å². The minimum atomic E-state index is -0.162. The number of hydrogen-bond donors (Lipinski definition) is 1. The van der Waals surface area contributed by atoms with Gasteiger partial charge in [0.15, 0.2) is 0 Å². The van der Waals surface area contributed by atoms with Crippen LogP contribution in [0, 0.1) is 0 Å². The fourth-order valence-corrected chi connectivity index (χ4v) is 1.55. The lowest BCUT2D eigenvalue weighted by Gasteiger charge is -2.14. The van der Waals surface area contributed by atoms with Crippen LogP contribution in [-0.2, 0) is 4.74 Å². The van der Waals surface area contributed by atoms with Crippen LogP contribution in [0.5, 0.6) is 6.01 Å². The van der Waals surface area contributed by atoms with Gasteiger partial charge in [0.05, 0.1) is 6.61 Å². The van der Waals surface area contributed by atoms with Crippen LogP contribution in [0.25, 0.3) is 5.95 Å². The van der Waals surface area contributed by atoms with Gasteiger partial charge in [0.2, 0.25) is 5.95 Å². The second kappa shape index (κ2) is 7.48. The number of nitrogens with zero attached hydrogens (tertiary/aromatic N) is 6. The fourth-order valence-electron chi connectivity index (χ4n) is 1.55. The monoisotopic (exact) mass is 293 g/mol. The summed E-state index contributed by atoms with van der Waals surface area (Å²) in [4.78, 5) is 16.6. The van der Waals surface area contributed by atoms with Gasteiger partial charge in [-0.1, -0.05) is 0 Å². The van der Waals surface area contributed by atoms with Crippen LogP contribution in [-0.4, -0.2) is 55.6 Å². The van der Waals surface area contributed by atoms with E-state index in [1.807, 2.05) is 20.8 Å². The minimum Gasteiger partial charge on any atom is -0.458 e. The van der Waals surface area contributed by atoms with E-state index >= 15 is 0 Å². The smallest absolute Gasteiger partial charge is 0.323 e. The van der Waals surface area contributed by atoms with Gasteiger partial charge in [-0.3, -0.25) is 0 Å². The van der Waals surface area contributed by atoms with Gasteiger partial charge in [0.1, 0.15) is 18.8 Å². The molecule has 0 spiro atoms. The molecule has 2 aromatic heterocycles. The van der Waals surface area contributed by atoms with E-state index in [-0.39, 0.29) is 12.1 Å². The minimum absolute atomic E-state index is 0.162. The SMILES string of the molecule is CCNc1nc(OC(C)COCC)nc(-n2cncn2)n1. The van der Waals surface area contributed by atoms with E-state index in [4.69, 9.17) is 9.47 Å². The quantitative estimate of drug-likeness (QED) is 0.758. The molecule has 0 radical (unpaired) electrons. The molecule has 0 aromatic carbocycles. The Hall–Kier alpha value is -2.29. The lowest BCUT2D eigenvalue weighted by molar-refractivity contribution is 0.0606. The molecule has 21 heavy (non-hydrogen) atoms. The molecular formula is C12H19N7O2. The van der Waals surface area contributed by atoms with Gasteiger partial charge >= 0.3 is 6.01 Å². The molecule has 2 aromatic rings. The van der Waals surface area contributed by atoms with E-state index < -0.39 is 0 Å². The van der Waals surface area contributed by atoms with E-state index in [0.29, 0.717) is 31.7 Å². The predicted octanol–water partition coefficient (Wildman–Crippen LogP) is 0.688. The maximum absolute atomic E-state index is 5.65. The van der Waals surface area contributed by atoms with Crippen molar-refractivity contribution in [2.75, 3.05) is 25.1 Å². The zero-order valence-electron chi connectivity index (χ0n) is 12.4. The molecule has 2 rings (SSSR count). The molecule has 0 bridgehead atoms. The van der Waals surface area contributed by atoms with E-state index in [0.717, 1.165) is 0 Å². The first kappa shape index (κ1) is 15.1. The lowest BCUT2D eigenvalue weighted by Crippen LogP contribution is -2.21. The van der Waals surface area contributed by atoms with Gasteiger partial charge in [0.25, 0.3) is 5.95 Å². The normalized spacial score (nSPS) is 12.1. The van der Waals surface area contributed by atoms with Crippen molar-refractivity contribution >= 4 is 5.95 Å². The Morgan fingerprint density at radius 1 is 1.29 bits per heavy atom. The fraction of sp³-hybridized carbons (Fsp3) is 0.583. The highest BCUT2D eigenvalue weighted by Crippen LogP contribution is 2.11. The van der Waals surface area contributed by atoms with Crippen molar-refractivity contribution in [3.05, 3.63) is 12.7 Å². The van der Waals surface area contributed by atoms with Crippen molar-refractivity contribution in [1.82, 2.24) is 29.7 Å². The first-order chi connectivity index (χ1) is 10.2. The highest BCUT2D eigenvalue weighted by Gasteiger charge is 2.12. The molecule has 0 fully saturated rings. The summed E-state index contributed by atoms with van der Waals surface area (Å²) in [6.45, 7) is 7.57. The van der Waals surface area contributed by atoms with Crippen molar-refractivity contribution < 1.29 is 9.47 Å². The van der Waals surface area contributed by atoms with E-state index in [9.17, 15) is 0 Å². The van der Waals surface area contributed by atoms with Crippen molar-refractivity contribution in [1.29, 1.82) is 0 Å². The van der Waals surface area contributed by atoms with Gasteiger partial charge < -0.3 is 14.8 Å². The molecule has 0 aliphatic carbocycles. The van der Waals surface area contributed by atoms with Crippen LogP contribution in [0.3, 0.4) is 0 Å². The third-order valence-electron chi connectivity index (χ3n) is 2.42. The number of aromatic nitrogens is 6. The second-order valence-electron chi connectivity index (χ2n) is 4.20. The van der Waals surface area contributed by atoms with Crippen molar-refractivity contribution in [3.63, 3.8) is 0 Å². The maximum atomic E-state index is 5.65. The summed E-state index contributed by atoms with van der Waals surface area (Å²) in [6.07, 6.45) is 2.76. The third kappa shape index (κ3) is 4.35. The zero-order chi connectivity index (χ0) is 15.1. The topological polar surface area (TPSA) is 99.9 Å². The Bertz CT molecular complexity index is 547. The zero-order valence-corrected chi connectivity index (χ0v) is 12.4. The van der Waals surface area contributed by atoms with E-state index in [1.54, 1.807) is 0 Å². The van der Waals surface area contributed by atoms with Crippen LogP contribution in [0.4, 0.5) is 5.95 Å². The largest absolute Gasteiger partial charge is 0.458 e. The average Bonchev–Trinajstić information content (AvgIpc) is 2.99. The number of nitrogens with one attached hydrogen (secondary N) is 1. The van der Waals surface area contributed by atoms with Crippen molar-refractivity contribution in [2.24, 2.45) is 0 Å². The Kier molecular flexibility index (Phi) is 5.38. The highest BCUT2D eigenvalue weighted by molar-refractivity contribution is 5.29. The maximum Gasteiger partial charge on any atom is 0.323 e. The van der Waals surface area contributed by atoms with Gasteiger partial charge in [-0.05, 0) is 20.8 Å². The molecule has 0 aliphatic heterocycles. The molecule has 1 unspecified atom stereocenters. The summed E-state index contributed by atoms with van der Waals surface area (Å²) >= 11 is 0. The number of hydrogen-bond acceptors (Lipinski definition) is 8. The predicted molar refractivity (Wildman–Crippen MR) is 75.5 cm³/mol. The molecule has 0 saturated heterocycles. The summed E-state index contributed by atoms with van der Waals surface area (Å²) in [5, 5.41) is 7.03. The summed E-state index contributed by atoms with van der Waals surface area (Å²) < 4.78 is 12.4. The van der Waals surface area contributed by atoms with Gasteiger partial charge in [0, 0.05) is 13.2 Å². The molecule has 114 valence electrons. The van der Waals surface area contributed by atoms with Gasteiger partial charge in [-0.2, -0.15) is 24.7 Å². The van der Waals surface area contributed by atoms with Crippen LogP contribution in [0.15, 0.2) is 12.7 Å². The summed E-state index contributed by atoms with van der Waals surface area (Å²) in [7, 11) is 0. The second-order valence-corrected chi connectivity index (χ2v) is 4.20. The molecule has 0 saturated carbocycles. The first-order valence-electron chi connectivity index (χ1n) is 6.82. The molecule has 0 aliphatic rings. The molecule has 2 heterocycles. The Balaban J connectivity index is 2.19. The van der Waals surface area contributed by atoms with Crippen LogP contribution in [0.1, 0.15) is 20.8 Å². The molecule has 1 N–H and O–H groups in total. The van der Waals surface area contributed by atoms with Crippen LogP contribution >= 0.6 is 0 Å². The Morgan fingerprint density at radius 2 is 2.14 bits per heavy atom. The lowest BCUT2D eigenvalue weighted by atomic mass is 10.4. The highest BCUT2D eigenvalue weighted by atomic mass is 16.5.